The molecular formula is C26H33NO4. The molecule has 2 aromatic rings. The van der Waals surface area contributed by atoms with Crippen LogP contribution in [0.3, 0.4) is 0 Å². The molecule has 1 unspecified atom stereocenters. The number of amides is 1. The van der Waals surface area contributed by atoms with Crippen LogP contribution in [-0.4, -0.2) is 37.4 Å². The van der Waals surface area contributed by atoms with Gasteiger partial charge in [0.25, 0.3) is 0 Å². The van der Waals surface area contributed by atoms with Crippen molar-refractivity contribution in [1.82, 2.24) is 5.32 Å². The van der Waals surface area contributed by atoms with E-state index >= 15 is 0 Å². The van der Waals surface area contributed by atoms with E-state index in [9.17, 15) is 9.90 Å². The topological polar surface area (TPSA) is 67.8 Å². The van der Waals surface area contributed by atoms with Gasteiger partial charge in [-0.2, -0.15) is 0 Å². The molecule has 1 aliphatic heterocycles. The fourth-order valence-electron chi connectivity index (χ4n) is 7.00. The van der Waals surface area contributed by atoms with Gasteiger partial charge in [0, 0.05) is 19.1 Å². The van der Waals surface area contributed by atoms with E-state index in [0.29, 0.717) is 11.8 Å². The number of aliphatic hydroxyl groups excluding tert-OH is 1. The normalized spacial score (nSPS) is 33.3. The lowest BCUT2D eigenvalue weighted by atomic mass is 9.58. The Morgan fingerprint density at radius 3 is 2.77 bits per heavy atom. The summed E-state index contributed by atoms with van der Waals surface area (Å²) in [6.45, 7) is 5.23. The Morgan fingerprint density at radius 1 is 1.23 bits per heavy atom. The zero-order valence-electron chi connectivity index (χ0n) is 18.7. The van der Waals surface area contributed by atoms with Gasteiger partial charge in [0.1, 0.15) is 5.75 Å². The summed E-state index contributed by atoms with van der Waals surface area (Å²) in [6, 6.07) is 12.9. The van der Waals surface area contributed by atoms with Crippen LogP contribution < -0.4 is 10.1 Å². The molecule has 5 heteroatoms. The zero-order chi connectivity index (χ0) is 21.8. The Kier molecular flexibility index (Phi) is 5.02. The number of rotatable bonds is 5. The molecule has 2 aliphatic carbocycles. The fraction of sp³-hybridized carbons (Fsp3) is 0.577. The van der Waals surface area contributed by atoms with Gasteiger partial charge in [-0.15, -0.1) is 0 Å². The van der Waals surface area contributed by atoms with Crippen molar-refractivity contribution in [2.24, 2.45) is 22.7 Å². The first-order valence-corrected chi connectivity index (χ1v) is 11.5. The number of benzene rings is 2. The maximum absolute atomic E-state index is 12.5. The predicted molar refractivity (Wildman–Crippen MR) is 120 cm³/mol. The maximum atomic E-state index is 12.5. The standard InChI is InChI=1S/C26H33NO4/c1-25(2)19-14-21-23(18-5-4-17-13-20(30-3)7-6-16(17)12-18)31-11-9-26(21,15-19)24(25)27-22(29)8-10-28/h4-7,12-13,19,21,23-24,28H,8-11,14-15H2,1-3H3,(H,27,29)/t19-,21-,23-,24+,26?/m1/s1. The molecule has 2 bridgehead atoms. The molecule has 166 valence electrons. The molecule has 2 N–H and O–H groups in total. The van der Waals surface area contributed by atoms with E-state index < -0.39 is 0 Å². The van der Waals surface area contributed by atoms with E-state index in [2.05, 4.69) is 49.5 Å². The number of fused-ring (bicyclic) bond motifs is 2. The van der Waals surface area contributed by atoms with Crippen molar-refractivity contribution in [1.29, 1.82) is 0 Å². The molecule has 2 saturated carbocycles. The summed E-state index contributed by atoms with van der Waals surface area (Å²) in [5.74, 6) is 1.80. The Labute approximate surface area is 184 Å². The van der Waals surface area contributed by atoms with Crippen molar-refractivity contribution in [3.05, 3.63) is 42.0 Å². The van der Waals surface area contributed by atoms with Gasteiger partial charge in [0.05, 0.1) is 19.8 Å². The monoisotopic (exact) mass is 423 g/mol. The minimum Gasteiger partial charge on any atom is -0.497 e. The number of methoxy groups -OCH3 is 1. The van der Waals surface area contributed by atoms with E-state index in [-0.39, 0.29) is 41.9 Å². The average Bonchev–Trinajstić information content (AvgIpc) is 3.25. The quantitative estimate of drug-likeness (QED) is 0.755. The van der Waals surface area contributed by atoms with Gasteiger partial charge < -0.3 is 19.9 Å². The Balaban J connectivity index is 1.48. The highest BCUT2D eigenvalue weighted by atomic mass is 16.5. The van der Waals surface area contributed by atoms with Gasteiger partial charge in [-0.25, -0.2) is 0 Å². The summed E-state index contributed by atoms with van der Waals surface area (Å²) < 4.78 is 11.8. The Hall–Kier alpha value is -2.11. The maximum Gasteiger partial charge on any atom is 0.222 e. The molecule has 1 spiro atoms. The van der Waals surface area contributed by atoms with Crippen LogP contribution in [0.15, 0.2) is 36.4 Å². The predicted octanol–water partition coefficient (Wildman–Crippen LogP) is 4.23. The van der Waals surface area contributed by atoms with Crippen LogP contribution in [0.5, 0.6) is 5.75 Å². The minimum absolute atomic E-state index is 0.0380. The summed E-state index contributed by atoms with van der Waals surface area (Å²) in [4.78, 5) is 12.5. The van der Waals surface area contributed by atoms with Crippen molar-refractivity contribution in [2.75, 3.05) is 20.3 Å². The second-order valence-corrected chi connectivity index (χ2v) is 10.3. The Bertz CT molecular complexity index is 1000. The highest BCUT2D eigenvalue weighted by Crippen LogP contribution is 2.70. The average molecular weight is 424 g/mol. The van der Waals surface area contributed by atoms with E-state index in [4.69, 9.17) is 9.47 Å². The first kappa shape index (κ1) is 20.8. The van der Waals surface area contributed by atoms with Crippen molar-refractivity contribution >= 4 is 16.7 Å². The molecular weight excluding hydrogens is 390 g/mol. The highest BCUT2D eigenvalue weighted by molar-refractivity contribution is 5.84. The van der Waals surface area contributed by atoms with Gasteiger partial charge in [-0.3, -0.25) is 4.79 Å². The molecule has 2 aromatic carbocycles. The van der Waals surface area contributed by atoms with Crippen LogP contribution in [0.1, 0.15) is 51.2 Å². The molecule has 0 aromatic heterocycles. The number of hydrogen-bond donors (Lipinski definition) is 2. The molecule has 3 aliphatic rings. The molecule has 1 amide bonds. The fourth-order valence-corrected chi connectivity index (χ4v) is 7.00. The van der Waals surface area contributed by atoms with Gasteiger partial charge in [0.15, 0.2) is 0 Å². The van der Waals surface area contributed by atoms with Crippen LogP contribution >= 0.6 is 0 Å². The first-order chi connectivity index (χ1) is 14.9. The SMILES string of the molecule is COc1ccc2cc([C@H]3OCCC45C[C@@H](C[C@H]34)C(C)(C)[C@@H]5NC(=O)CCO)ccc2c1. The molecule has 3 fully saturated rings. The smallest absolute Gasteiger partial charge is 0.222 e. The Morgan fingerprint density at radius 2 is 2.00 bits per heavy atom. The molecule has 0 radical (unpaired) electrons. The van der Waals surface area contributed by atoms with Crippen LogP contribution in [0.25, 0.3) is 10.8 Å². The first-order valence-electron chi connectivity index (χ1n) is 11.5. The lowest BCUT2D eigenvalue weighted by Gasteiger charge is -2.53. The van der Waals surface area contributed by atoms with Crippen molar-refractivity contribution < 1.29 is 19.4 Å². The van der Waals surface area contributed by atoms with Crippen molar-refractivity contribution in [3.8, 4) is 5.75 Å². The molecule has 5 nitrogen and oxygen atoms in total. The lowest BCUT2D eigenvalue weighted by Crippen LogP contribution is -2.59. The second-order valence-electron chi connectivity index (χ2n) is 10.3. The lowest BCUT2D eigenvalue weighted by molar-refractivity contribution is -0.137. The third kappa shape index (κ3) is 3.16. The van der Waals surface area contributed by atoms with Crippen LogP contribution in [0.4, 0.5) is 0 Å². The molecule has 5 rings (SSSR count). The van der Waals surface area contributed by atoms with Crippen LogP contribution in [0, 0.1) is 22.7 Å². The van der Waals surface area contributed by atoms with Crippen molar-refractivity contribution in [2.45, 2.75) is 51.7 Å². The number of nitrogens with one attached hydrogen (secondary N) is 1. The van der Waals surface area contributed by atoms with Gasteiger partial charge in [0.2, 0.25) is 5.91 Å². The summed E-state index contributed by atoms with van der Waals surface area (Å²) in [5.41, 5.74) is 1.35. The molecule has 1 saturated heterocycles. The van der Waals surface area contributed by atoms with E-state index in [0.717, 1.165) is 37.0 Å². The largest absolute Gasteiger partial charge is 0.497 e. The van der Waals surface area contributed by atoms with Gasteiger partial charge >= 0.3 is 0 Å². The second kappa shape index (κ2) is 7.49. The summed E-state index contributed by atoms with van der Waals surface area (Å²) in [5, 5.41) is 14.9. The van der Waals surface area contributed by atoms with Gasteiger partial charge in [-0.05, 0) is 76.5 Å². The molecule has 31 heavy (non-hydrogen) atoms. The summed E-state index contributed by atoms with van der Waals surface area (Å²) >= 11 is 0. The zero-order valence-corrected chi connectivity index (χ0v) is 18.7. The minimum atomic E-state index is -0.105. The van der Waals surface area contributed by atoms with E-state index in [1.54, 1.807) is 7.11 Å². The number of ether oxygens (including phenoxy) is 2. The molecule has 5 atom stereocenters. The highest BCUT2D eigenvalue weighted by Gasteiger charge is 2.68. The van der Waals surface area contributed by atoms with E-state index in [1.165, 1.54) is 10.9 Å². The molecule has 1 heterocycles. The van der Waals surface area contributed by atoms with Crippen LogP contribution in [-0.2, 0) is 9.53 Å². The number of carbonyl (C=O) groups excluding carboxylic acids is 1. The van der Waals surface area contributed by atoms with Gasteiger partial charge in [-0.1, -0.05) is 32.0 Å². The summed E-state index contributed by atoms with van der Waals surface area (Å²) in [6.07, 6.45) is 3.51. The number of carbonyl (C=O) groups is 1. The third-order valence-corrected chi connectivity index (χ3v) is 8.55. The summed E-state index contributed by atoms with van der Waals surface area (Å²) in [7, 11) is 1.69. The number of aliphatic hydroxyl groups is 1. The number of hydrogen-bond acceptors (Lipinski definition) is 4. The van der Waals surface area contributed by atoms with Crippen molar-refractivity contribution in [3.63, 3.8) is 0 Å². The third-order valence-electron chi connectivity index (χ3n) is 8.55. The van der Waals surface area contributed by atoms with E-state index in [1.807, 2.05) is 6.07 Å². The van der Waals surface area contributed by atoms with Crippen LogP contribution in [0.2, 0.25) is 0 Å².